The summed E-state index contributed by atoms with van der Waals surface area (Å²) in [7, 11) is 0. The zero-order valence-corrected chi connectivity index (χ0v) is 12.3. The van der Waals surface area contributed by atoms with Gasteiger partial charge in [-0.3, -0.25) is 4.79 Å². The smallest absolute Gasteiger partial charge is 0.264 e. The highest BCUT2D eigenvalue weighted by molar-refractivity contribution is 7.13. The van der Waals surface area contributed by atoms with E-state index in [-0.39, 0.29) is 17.9 Å². The minimum Gasteiger partial charge on any atom is -0.336 e. The third-order valence-electron chi connectivity index (χ3n) is 3.83. The molecule has 2 aromatic rings. The molecule has 0 saturated carbocycles. The number of amides is 1. The summed E-state index contributed by atoms with van der Waals surface area (Å²) in [4.78, 5) is 16.3. The summed E-state index contributed by atoms with van der Waals surface area (Å²) in [5.74, 6) is 0.346. The van der Waals surface area contributed by atoms with Crippen molar-refractivity contribution >= 4 is 17.2 Å². The summed E-state index contributed by atoms with van der Waals surface area (Å²) < 4.78 is 0. The third kappa shape index (κ3) is 2.49. The van der Waals surface area contributed by atoms with Gasteiger partial charge < -0.3 is 10.6 Å². The van der Waals surface area contributed by atoms with Crippen LogP contribution in [0.3, 0.4) is 0 Å². The van der Waals surface area contributed by atoms with Crippen LogP contribution in [-0.4, -0.2) is 29.9 Å². The molecule has 1 amide bonds. The molecular weight excluding hydrogens is 268 g/mol. The Labute approximate surface area is 123 Å². The van der Waals surface area contributed by atoms with E-state index in [0.717, 1.165) is 9.75 Å². The maximum absolute atomic E-state index is 12.5. The van der Waals surface area contributed by atoms with Crippen molar-refractivity contribution in [3.8, 4) is 0 Å². The number of thiophene rings is 1. The van der Waals surface area contributed by atoms with Crippen LogP contribution in [0.5, 0.6) is 0 Å². The third-order valence-corrected chi connectivity index (χ3v) is 4.82. The van der Waals surface area contributed by atoms with E-state index in [2.05, 4.69) is 12.1 Å². The Hall–Kier alpha value is -1.65. The molecule has 0 bridgehead atoms. The topological polar surface area (TPSA) is 46.3 Å². The second-order valence-corrected chi connectivity index (χ2v) is 6.59. The number of likely N-dealkylation sites (tertiary alicyclic amines) is 1. The van der Waals surface area contributed by atoms with E-state index in [1.54, 1.807) is 11.3 Å². The first kappa shape index (κ1) is 13.3. The van der Waals surface area contributed by atoms with Crippen molar-refractivity contribution in [1.29, 1.82) is 0 Å². The van der Waals surface area contributed by atoms with E-state index in [4.69, 9.17) is 5.73 Å². The molecule has 1 aliphatic rings. The van der Waals surface area contributed by atoms with E-state index in [0.29, 0.717) is 13.1 Å². The van der Waals surface area contributed by atoms with Gasteiger partial charge >= 0.3 is 0 Å². The van der Waals surface area contributed by atoms with Gasteiger partial charge in [0.1, 0.15) is 0 Å². The number of hydrogen-bond donors (Lipinski definition) is 1. The number of nitrogens with two attached hydrogens (primary N) is 1. The number of aryl methyl sites for hydroxylation is 1. The Balaban J connectivity index is 1.77. The summed E-state index contributed by atoms with van der Waals surface area (Å²) in [6.45, 7) is 3.36. The van der Waals surface area contributed by atoms with Crippen LogP contribution in [-0.2, 0) is 0 Å². The van der Waals surface area contributed by atoms with Gasteiger partial charge in [-0.25, -0.2) is 0 Å². The molecule has 2 unspecified atom stereocenters. The molecule has 1 fully saturated rings. The Morgan fingerprint density at radius 3 is 2.60 bits per heavy atom. The molecule has 1 aliphatic heterocycles. The average molecular weight is 286 g/mol. The fourth-order valence-electron chi connectivity index (χ4n) is 2.75. The van der Waals surface area contributed by atoms with Crippen LogP contribution in [0.2, 0.25) is 0 Å². The molecule has 3 nitrogen and oxygen atoms in total. The molecule has 0 spiro atoms. The number of nitrogens with zero attached hydrogens (tertiary/aromatic N) is 1. The number of carbonyl (C=O) groups is 1. The molecule has 4 heteroatoms. The highest BCUT2D eigenvalue weighted by Crippen LogP contribution is 2.28. The van der Waals surface area contributed by atoms with E-state index in [9.17, 15) is 4.79 Å². The first-order valence-electron chi connectivity index (χ1n) is 6.81. The Bertz CT molecular complexity index is 608. The molecule has 0 aliphatic carbocycles. The van der Waals surface area contributed by atoms with E-state index < -0.39 is 0 Å². The Morgan fingerprint density at radius 2 is 1.95 bits per heavy atom. The van der Waals surface area contributed by atoms with Gasteiger partial charge in [-0.2, -0.15) is 0 Å². The van der Waals surface area contributed by atoms with Crippen molar-refractivity contribution in [3.63, 3.8) is 0 Å². The molecule has 0 radical (unpaired) electrons. The lowest BCUT2D eigenvalue weighted by molar-refractivity contribution is 0.0794. The van der Waals surface area contributed by atoms with Gasteiger partial charge in [-0.15, -0.1) is 11.3 Å². The summed E-state index contributed by atoms with van der Waals surface area (Å²) in [5, 5.41) is 0. The predicted molar refractivity (Wildman–Crippen MR) is 82.1 cm³/mol. The molecule has 2 N–H and O–H groups in total. The monoisotopic (exact) mass is 286 g/mol. The maximum Gasteiger partial charge on any atom is 0.264 e. The van der Waals surface area contributed by atoms with Crippen LogP contribution in [0.1, 0.15) is 26.0 Å². The normalized spacial score (nSPS) is 22.2. The van der Waals surface area contributed by atoms with Crippen LogP contribution in [0.15, 0.2) is 42.5 Å². The summed E-state index contributed by atoms with van der Waals surface area (Å²) in [6, 6.07) is 14.1. The van der Waals surface area contributed by atoms with Gasteiger partial charge in [-0.05, 0) is 24.6 Å². The van der Waals surface area contributed by atoms with Crippen molar-refractivity contribution in [3.05, 3.63) is 57.8 Å². The van der Waals surface area contributed by atoms with Crippen LogP contribution >= 0.6 is 11.3 Å². The van der Waals surface area contributed by atoms with Gasteiger partial charge in [0, 0.05) is 29.9 Å². The van der Waals surface area contributed by atoms with Gasteiger partial charge in [0.2, 0.25) is 0 Å². The van der Waals surface area contributed by atoms with Crippen LogP contribution < -0.4 is 5.73 Å². The van der Waals surface area contributed by atoms with E-state index in [1.807, 2.05) is 42.2 Å². The molecular formula is C16H18N2OS. The molecule has 1 aromatic carbocycles. The van der Waals surface area contributed by atoms with Crippen molar-refractivity contribution in [2.24, 2.45) is 5.73 Å². The zero-order valence-electron chi connectivity index (χ0n) is 11.5. The highest BCUT2D eigenvalue weighted by Gasteiger charge is 2.34. The van der Waals surface area contributed by atoms with Gasteiger partial charge in [0.15, 0.2) is 0 Å². The summed E-state index contributed by atoms with van der Waals surface area (Å²) in [5.41, 5.74) is 7.45. The summed E-state index contributed by atoms with van der Waals surface area (Å²) >= 11 is 1.55. The predicted octanol–water partition coefficient (Wildman–Crippen LogP) is 2.62. The van der Waals surface area contributed by atoms with Gasteiger partial charge in [-0.1, -0.05) is 30.3 Å². The van der Waals surface area contributed by atoms with Crippen molar-refractivity contribution < 1.29 is 4.79 Å². The first-order chi connectivity index (χ1) is 9.65. The molecule has 3 rings (SSSR count). The van der Waals surface area contributed by atoms with E-state index in [1.165, 1.54) is 5.56 Å². The minimum absolute atomic E-state index is 0.0161. The number of carbonyl (C=O) groups excluding carboxylic acids is 1. The van der Waals surface area contributed by atoms with E-state index >= 15 is 0 Å². The van der Waals surface area contributed by atoms with Crippen LogP contribution in [0.25, 0.3) is 0 Å². The zero-order chi connectivity index (χ0) is 14.1. The Morgan fingerprint density at radius 1 is 1.20 bits per heavy atom. The van der Waals surface area contributed by atoms with Crippen molar-refractivity contribution in [2.75, 3.05) is 13.1 Å². The number of hydrogen-bond acceptors (Lipinski definition) is 3. The quantitative estimate of drug-likeness (QED) is 0.922. The number of rotatable bonds is 2. The molecule has 20 heavy (non-hydrogen) atoms. The maximum atomic E-state index is 12.5. The van der Waals surface area contributed by atoms with Gasteiger partial charge in [0.25, 0.3) is 5.91 Å². The fourth-order valence-corrected chi connectivity index (χ4v) is 3.59. The van der Waals surface area contributed by atoms with Crippen LogP contribution in [0, 0.1) is 6.92 Å². The lowest BCUT2D eigenvalue weighted by atomic mass is 9.95. The molecule has 2 atom stereocenters. The summed E-state index contributed by atoms with van der Waals surface area (Å²) in [6.07, 6.45) is 0. The molecule has 1 aromatic heterocycles. The second kappa shape index (κ2) is 5.38. The fraction of sp³-hybridized carbons (Fsp3) is 0.312. The second-order valence-electron chi connectivity index (χ2n) is 5.30. The van der Waals surface area contributed by atoms with Crippen molar-refractivity contribution in [1.82, 2.24) is 4.90 Å². The molecule has 2 heterocycles. The Kier molecular flexibility index (Phi) is 3.59. The number of benzene rings is 1. The lowest BCUT2D eigenvalue weighted by Crippen LogP contribution is -2.31. The average Bonchev–Trinajstić information content (AvgIpc) is 3.05. The first-order valence-corrected chi connectivity index (χ1v) is 7.63. The van der Waals surface area contributed by atoms with Gasteiger partial charge in [0.05, 0.1) is 4.88 Å². The van der Waals surface area contributed by atoms with Crippen LogP contribution in [0.4, 0.5) is 0 Å². The molecule has 1 saturated heterocycles. The highest BCUT2D eigenvalue weighted by atomic mass is 32.1. The molecule has 104 valence electrons. The lowest BCUT2D eigenvalue weighted by Gasteiger charge is -2.15. The van der Waals surface area contributed by atoms with Crippen molar-refractivity contribution in [2.45, 2.75) is 18.9 Å². The standard InChI is InChI=1S/C16H18N2OS/c1-11-7-8-15(20-11)16(19)18-9-13(14(17)10-18)12-5-3-2-4-6-12/h2-8,13-14H,9-10,17H2,1H3. The SMILES string of the molecule is Cc1ccc(C(=O)N2CC(N)C(c3ccccc3)C2)s1. The minimum atomic E-state index is 0.0161. The largest absolute Gasteiger partial charge is 0.336 e.